The molecule has 0 radical (unpaired) electrons. The van der Waals surface area contributed by atoms with Gasteiger partial charge in [-0.25, -0.2) is 0 Å². The second-order valence-electron chi connectivity index (χ2n) is 8.88. The Balaban J connectivity index is 1.43. The largest absolute Gasteiger partial charge is 0.338 e. The number of carbonyl (C=O) groups is 2. The Kier molecular flexibility index (Phi) is 5.20. The van der Waals surface area contributed by atoms with E-state index in [9.17, 15) is 9.59 Å². The van der Waals surface area contributed by atoms with E-state index in [4.69, 9.17) is 0 Å². The summed E-state index contributed by atoms with van der Waals surface area (Å²) in [5.74, 6) is 0.376. The molecule has 0 N–H and O–H groups in total. The van der Waals surface area contributed by atoms with Gasteiger partial charge in [-0.05, 0) is 37.8 Å². The summed E-state index contributed by atoms with van der Waals surface area (Å²) < 4.78 is 0. The topological polar surface area (TPSA) is 40.6 Å². The van der Waals surface area contributed by atoms with E-state index in [2.05, 4.69) is 12.1 Å². The minimum Gasteiger partial charge on any atom is -0.338 e. The van der Waals surface area contributed by atoms with Gasteiger partial charge in [0.05, 0.1) is 10.8 Å². The molecule has 152 valence electrons. The van der Waals surface area contributed by atoms with Gasteiger partial charge < -0.3 is 9.80 Å². The number of rotatable bonds is 4. The van der Waals surface area contributed by atoms with Gasteiger partial charge in [0.25, 0.3) is 0 Å². The molecule has 1 aliphatic heterocycles. The lowest BCUT2D eigenvalue weighted by Crippen LogP contribution is -2.59. The average molecular weight is 391 g/mol. The van der Waals surface area contributed by atoms with Crippen LogP contribution in [0.25, 0.3) is 0 Å². The van der Waals surface area contributed by atoms with E-state index in [0.29, 0.717) is 26.2 Å². The summed E-state index contributed by atoms with van der Waals surface area (Å²) in [6, 6.07) is 20.1. The predicted octanol–water partition coefficient (Wildman–Crippen LogP) is 3.76. The van der Waals surface area contributed by atoms with E-state index in [0.717, 1.165) is 30.4 Å². The van der Waals surface area contributed by atoms with E-state index < -0.39 is 5.41 Å². The third-order valence-electron chi connectivity index (χ3n) is 6.83. The van der Waals surface area contributed by atoms with Crippen LogP contribution in [0.2, 0.25) is 0 Å². The van der Waals surface area contributed by atoms with Crippen molar-refractivity contribution in [2.45, 2.75) is 43.9 Å². The van der Waals surface area contributed by atoms with Crippen LogP contribution >= 0.6 is 0 Å². The highest BCUT2D eigenvalue weighted by Gasteiger charge is 2.48. The quantitative estimate of drug-likeness (QED) is 0.798. The maximum Gasteiger partial charge on any atom is 0.233 e. The van der Waals surface area contributed by atoms with Crippen LogP contribution in [0.4, 0.5) is 0 Å². The second kappa shape index (κ2) is 7.66. The first-order valence-electron chi connectivity index (χ1n) is 10.6. The first-order chi connectivity index (χ1) is 13.9. The van der Waals surface area contributed by atoms with Gasteiger partial charge in [-0.2, -0.15) is 0 Å². The Labute approximate surface area is 173 Å². The maximum absolute atomic E-state index is 13.4. The van der Waals surface area contributed by atoms with Crippen LogP contribution in [-0.4, -0.2) is 47.8 Å². The Hall–Kier alpha value is -2.62. The summed E-state index contributed by atoms with van der Waals surface area (Å²) in [6.07, 6.45) is 2.95. The Morgan fingerprint density at radius 3 is 1.83 bits per heavy atom. The van der Waals surface area contributed by atoms with Crippen LogP contribution < -0.4 is 0 Å². The smallest absolute Gasteiger partial charge is 0.233 e. The zero-order valence-electron chi connectivity index (χ0n) is 17.4. The van der Waals surface area contributed by atoms with E-state index >= 15 is 0 Å². The van der Waals surface area contributed by atoms with Gasteiger partial charge in [0.15, 0.2) is 0 Å². The van der Waals surface area contributed by atoms with Crippen LogP contribution in [0.1, 0.15) is 44.2 Å². The fraction of sp³-hybridized carbons (Fsp3) is 0.440. The second-order valence-corrected chi connectivity index (χ2v) is 8.88. The maximum atomic E-state index is 13.4. The first kappa shape index (κ1) is 19.7. The van der Waals surface area contributed by atoms with Crippen molar-refractivity contribution in [3.8, 4) is 0 Å². The zero-order valence-corrected chi connectivity index (χ0v) is 17.4. The summed E-state index contributed by atoms with van der Waals surface area (Å²) in [7, 11) is 0. The van der Waals surface area contributed by atoms with Gasteiger partial charge in [0, 0.05) is 26.2 Å². The van der Waals surface area contributed by atoms with Crippen LogP contribution in [0.15, 0.2) is 60.7 Å². The van der Waals surface area contributed by atoms with Gasteiger partial charge in [-0.15, -0.1) is 0 Å². The fourth-order valence-corrected chi connectivity index (χ4v) is 4.70. The molecule has 2 aliphatic rings. The van der Waals surface area contributed by atoms with Crippen LogP contribution in [0.5, 0.6) is 0 Å². The Morgan fingerprint density at radius 2 is 1.31 bits per heavy atom. The molecule has 29 heavy (non-hydrogen) atoms. The minimum absolute atomic E-state index is 0.136. The lowest BCUT2D eigenvalue weighted by atomic mass is 9.63. The Bertz CT molecular complexity index is 864. The number of benzene rings is 2. The molecular formula is C25H30N2O2. The number of nitrogens with zero attached hydrogens (tertiary/aromatic N) is 2. The summed E-state index contributed by atoms with van der Waals surface area (Å²) >= 11 is 0. The highest BCUT2D eigenvalue weighted by Crippen LogP contribution is 2.45. The molecule has 4 heteroatoms. The van der Waals surface area contributed by atoms with E-state index in [-0.39, 0.29) is 17.2 Å². The lowest BCUT2D eigenvalue weighted by Gasteiger charge is -2.46. The minimum atomic E-state index is -0.563. The van der Waals surface area contributed by atoms with E-state index in [1.807, 2.05) is 72.2 Å². The van der Waals surface area contributed by atoms with Crippen LogP contribution in [-0.2, 0) is 20.4 Å². The molecule has 2 aromatic rings. The van der Waals surface area contributed by atoms with Crippen molar-refractivity contribution in [1.82, 2.24) is 9.80 Å². The SMILES string of the molecule is CC(C)(C(=O)N1CCN(C(=O)C2(c3ccccc3)CCC2)CC1)c1ccccc1. The molecule has 0 aromatic heterocycles. The average Bonchev–Trinajstić information content (AvgIpc) is 2.74. The van der Waals surface area contributed by atoms with Crippen molar-refractivity contribution in [2.24, 2.45) is 0 Å². The zero-order chi connectivity index (χ0) is 20.5. The molecule has 0 bridgehead atoms. The summed E-state index contributed by atoms with van der Waals surface area (Å²) in [6.45, 7) is 6.41. The molecular weight excluding hydrogens is 360 g/mol. The third kappa shape index (κ3) is 3.45. The van der Waals surface area contributed by atoms with Gasteiger partial charge in [0.1, 0.15) is 0 Å². The van der Waals surface area contributed by atoms with Crippen molar-refractivity contribution < 1.29 is 9.59 Å². The molecule has 1 saturated carbocycles. The van der Waals surface area contributed by atoms with Gasteiger partial charge >= 0.3 is 0 Å². The summed E-state index contributed by atoms with van der Waals surface area (Å²) in [4.78, 5) is 30.5. The van der Waals surface area contributed by atoms with Gasteiger partial charge in [-0.3, -0.25) is 9.59 Å². The number of hydrogen-bond acceptors (Lipinski definition) is 2. The molecule has 1 heterocycles. The molecule has 4 rings (SSSR count). The van der Waals surface area contributed by atoms with Crippen molar-refractivity contribution >= 4 is 11.8 Å². The van der Waals surface area contributed by atoms with E-state index in [1.165, 1.54) is 0 Å². The van der Waals surface area contributed by atoms with Crippen LogP contribution in [0.3, 0.4) is 0 Å². The molecule has 2 fully saturated rings. The monoisotopic (exact) mass is 390 g/mol. The predicted molar refractivity (Wildman–Crippen MR) is 115 cm³/mol. The normalized spacial score (nSPS) is 18.8. The molecule has 2 amide bonds. The molecule has 0 atom stereocenters. The highest BCUT2D eigenvalue weighted by atomic mass is 16.2. The number of hydrogen-bond donors (Lipinski definition) is 0. The fourth-order valence-electron chi connectivity index (χ4n) is 4.70. The molecule has 0 unspecified atom stereocenters. The Morgan fingerprint density at radius 1 is 0.793 bits per heavy atom. The number of amides is 2. The van der Waals surface area contributed by atoms with Gasteiger partial charge in [-0.1, -0.05) is 67.1 Å². The van der Waals surface area contributed by atoms with Crippen molar-refractivity contribution in [3.63, 3.8) is 0 Å². The van der Waals surface area contributed by atoms with Crippen LogP contribution in [0, 0.1) is 0 Å². The summed E-state index contributed by atoms with van der Waals surface area (Å²) in [5.41, 5.74) is 1.25. The highest BCUT2D eigenvalue weighted by molar-refractivity contribution is 5.90. The molecule has 0 spiro atoms. The molecule has 2 aromatic carbocycles. The molecule has 1 saturated heterocycles. The van der Waals surface area contributed by atoms with Gasteiger partial charge in [0.2, 0.25) is 11.8 Å². The number of piperazine rings is 1. The molecule has 4 nitrogen and oxygen atoms in total. The van der Waals surface area contributed by atoms with Crippen molar-refractivity contribution in [1.29, 1.82) is 0 Å². The molecule has 1 aliphatic carbocycles. The number of carbonyl (C=O) groups excluding carboxylic acids is 2. The van der Waals surface area contributed by atoms with Crippen molar-refractivity contribution in [3.05, 3.63) is 71.8 Å². The standard InChI is InChI=1S/C25H30N2O2/c1-24(2,20-10-5-3-6-11-20)22(28)26-16-18-27(19-17-26)23(29)25(14-9-15-25)21-12-7-4-8-13-21/h3-8,10-13H,9,14-19H2,1-2H3. The third-order valence-corrected chi connectivity index (χ3v) is 6.83. The van der Waals surface area contributed by atoms with E-state index in [1.54, 1.807) is 0 Å². The van der Waals surface area contributed by atoms with Crippen molar-refractivity contribution in [2.75, 3.05) is 26.2 Å². The first-order valence-corrected chi connectivity index (χ1v) is 10.6. The lowest BCUT2D eigenvalue weighted by molar-refractivity contribution is -0.147. The summed E-state index contributed by atoms with van der Waals surface area (Å²) in [5, 5.41) is 0.